The molecular formula is C22H37FN4O2. The van der Waals surface area contributed by atoms with Crippen LogP contribution in [-0.4, -0.2) is 54.1 Å². The monoisotopic (exact) mass is 408 g/mol. The second-order valence-corrected chi connectivity index (χ2v) is 8.63. The van der Waals surface area contributed by atoms with E-state index >= 15 is 0 Å². The van der Waals surface area contributed by atoms with E-state index in [1.807, 2.05) is 6.07 Å². The van der Waals surface area contributed by atoms with E-state index in [-0.39, 0.29) is 36.9 Å². The molecule has 0 aromatic rings. The van der Waals surface area contributed by atoms with Crippen molar-refractivity contribution < 1.29 is 14.0 Å². The number of hydrogen-bond acceptors (Lipinski definition) is 4. The van der Waals surface area contributed by atoms with Crippen LogP contribution in [0.1, 0.15) is 84.0 Å². The summed E-state index contributed by atoms with van der Waals surface area (Å²) in [6.45, 7) is 3.04. The van der Waals surface area contributed by atoms with Crippen molar-refractivity contribution in [3.05, 3.63) is 0 Å². The number of nitrogens with zero attached hydrogens (tertiary/aromatic N) is 2. The molecule has 2 fully saturated rings. The summed E-state index contributed by atoms with van der Waals surface area (Å²) in [5.41, 5.74) is -0.132. The van der Waals surface area contributed by atoms with Gasteiger partial charge in [0.25, 0.3) is 0 Å². The zero-order chi connectivity index (χ0) is 21.1. The number of alkyl halides is 1. The van der Waals surface area contributed by atoms with Gasteiger partial charge in [-0.15, -0.1) is 0 Å². The zero-order valence-electron chi connectivity index (χ0n) is 17.9. The summed E-state index contributed by atoms with van der Waals surface area (Å²) in [4.78, 5) is 26.0. The number of hydrogen-bond donors (Lipinski definition) is 2. The van der Waals surface area contributed by atoms with Gasteiger partial charge < -0.3 is 15.5 Å². The summed E-state index contributed by atoms with van der Waals surface area (Å²) in [7, 11) is 0. The maximum absolute atomic E-state index is 13.6. The van der Waals surface area contributed by atoms with Gasteiger partial charge in [0.2, 0.25) is 11.8 Å². The number of amides is 2. The third kappa shape index (κ3) is 7.58. The molecule has 2 aliphatic rings. The van der Waals surface area contributed by atoms with Crippen LogP contribution in [-0.2, 0) is 9.59 Å². The summed E-state index contributed by atoms with van der Waals surface area (Å²) in [5, 5.41) is 15.6. The lowest BCUT2D eigenvalue weighted by Crippen LogP contribution is -2.51. The maximum Gasteiger partial charge on any atom is 0.237 e. The minimum atomic E-state index is -1.11. The molecule has 1 saturated heterocycles. The Bertz CT molecular complexity index is 572. The van der Waals surface area contributed by atoms with E-state index < -0.39 is 12.2 Å². The van der Waals surface area contributed by atoms with Crippen LogP contribution in [0, 0.1) is 11.3 Å². The van der Waals surface area contributed by atoms with Gasteiger partial charge in [0, 0.05) is 24.9 Å². The topological polar surface area (TPSA) is 85.2 Å². The molecule has 2 atom stereocenters. The number of halogens is 1. The van der Waals surface area contributed by atoms with Crippen LogP contribution in [0.2, 0.25) is 0 Å². The standard InChI is InChI=1S/C22H37FN4O2/c1-2-3-7-13-25-20(28)9-8-12-22(10-5-4-6-11-22)26-16-21(29)27-17-18(23)14-19(27)15-24/h18-19,26H,2-14,16-17H2,1H3,(H,25,28)/t18-,19?/m0/s1. The molecule has 2 N–H and O–H groups in total. The minimum Gasteiger partial charge on any atom is -0.356 e. The lowest BCUT2D eigenvalue weighted by molar-refractivity contribution is -0.131. The van der Waals surface area contributed by atoms with Crippen LogP contribution < -0.4 is 10.6 Å². The summed E-state index contributed by atoms with van der Waals surface area (Å²) in [5.74, 6) is -0.0960. The molecule has 0 bridgehead atoms. The summed E-state index contributed by atoms with van der Waals surface area (Å²) in [6, 6.07) is 1.38. The van der Waals surface area contributed by atoms with Crippen molar-refractivity contribution in [1.82, 2.24) is 15.5 Å². The normalized spacial score (nSPS) is 23.6. The molecule has 7 heteroatoms. The number of likely N-dealkylation sites (tertiary alicyclic amines) is 1. The van der Waals surface area contributed by atoms with E-state index in [4.69, 9.17) is 5.26 Å². The van der Waals surface area contributed by atoms with Crippen LogP contribution >= 0.6 is 0 Å². The molecule has 2 amide bonds. The Kier molecular flexibility index (Phi) is 9.86. The smallest absolute Gasteiger partial charge is 0.237 e. The largest absolute Gasteiger partial charge is 0.356 e. The highest BCUT2D eigenvalue weighted by atomic mass is 19.1. The van der Waals surface area contributed by atoms with E-state index in [2.05, 4.69) is 17.6 Å². The SMILES string of the molecule is CCCCCNC(=O)CCCC1(NCC(=O)N2C[C@@H](F)CC2C#N)CCCCC1. The number of unbranched alkanes of at least 4 members (excludes halogenated alkanes) is 2. The van der Waals surface area contributed by atoms with Crippen LogP contribution in [0.25, 0.3) is 0 Å². The fraction of sp³-hybridized carbons (Fsp3) is 0.864. The van der Waals surface area contributed by atoms with Gasteiger partial charge >= 0.3 is 0 Å². The molecule has 0 radical (unpaired) electrons. The van der Waals surface area contributed by atoms with Gasteiger partial charge in [-0.05, 0) is 32.1 Å². The number of nitrogens with one attached hydrogen (secondary N) is 2. The van der Waals surface area contributed by atoms with E-state index in [9.17, 15) is 14.0 Å². The molecule has 1 aliphatic heterocycles. The molecule has 1 aliphatic carbocycles. The molecule has 0 aromatic carbocycles. The van der Waals surface area contributed by atoms with Gasteiger partial charge in [-0.25, -0.2) is 4.39 Å². The second kappa shape index (κ2) is 12.1. The summed E-state index contributed by atoms with van der Waals surface area (Å²) in [6.07, 6.45) is 9.86. The Morgan fingerprint density at radius 2 is 1.97 bits per heavy atom. The molecule has 1 heterocycles. The molecule has 2 rings (SSSR count). The quantitative estimate of drug-likeness (QED) is 0.514. The molecule has 164 valence electrons. The van der Waals surface area contributed by atoms with Crippen LogP contribution in [0.4, 0.5) is 4.39 Å². The summed E-state index contributed by atoms with van der Waals surface area (Å²) >= 11 is 0. The Balaban J connectivity index is 1.79. The Morgan fingerprint density at radius 3 is 2.66 bits per heavy atom. The van der Waals surface area contributed by atoms with Crippen LogP contribution in [0.3, 0.4) is 0 Å². The predicted molar refractivity (Wildman–Crippen MR) is 111 cm³/mol. The summed E-state index contributed by atoms with van der Waals surface area (Å²) < 4.78 is 13.6. The molecule has 0 spiro atoms. The molecule has 1 saturated carbocycles. The van der Waals surface area contributed by atoms with Crippen molar-refractivity contribution in [1.29, 1.82) is 5.26 Å². The number of carbonyl (C=O) groups is 2. The van der Waals surface area contributed by atoms with E-state index in [0.717, 1.165) is 64.3 Å². The van der Waals surface area contributed by atoms with Gasteiger partial charge in [-0.2, -0.15) is 5.26 Å². The van der Waals surface area contributed by atoms with Gasteiger partial charge in [-0.3, -0.25) is 9.59 Å². The van der Waals surface area contributed by atoms with E-state index in [1.165, 1.54) is 11.3 Å². The Hall–Kier alpha value is -1.68. The van der Waals surface area contributed by atoms with E-state index in [0.29, 0.717) is 6.42 Å². The number of nitriles is 1. The average molecular weight is 409 g/mol. The fourth-order valence-electron chi connectivity index (χ4n) is 4.57. The van der Waals surface area contributed by atoms with Crippen molar-refractivity contribution in [2.45, 2.75) is 102 Å². The van der Waals surface area contributed by atoms with Crippen molar-refractivity contribution in [3.8, 4) is 6.07 Å². The zero-order valence-corrected chi connectivity index (χ0v) is 17.9. The van der Waals surface area contributed by atoms with Gasteiger partial charge in [-0.1, -0.05) is 39.0 Å². The number of rotatable bonds is 11. The average Bonchev–Trinajstić information content (AvgIpc) is 3.11. The first-order valence-corrected chi connectivity index (χ1v) is 11.3. The predicted octanol–water partition coefficient (Wildman–Crippen LogP) is 3.22. The minimum absolute atomic E-state index is 0.0178. The third-order valence-electron chi connectivity index (χ3n) is 6.31. The third-order valence-corrected chi connectivity index (χ3v) is 6.31. The lowest BCUT2D eigenvalue weighted by Gasteiger charge is -2.39. The van der Waals surface area contributed by atoms with Crippen LogP contribution in [0.5, 0.6) is 0 Å². The highest BCUT2D eigenvalue weighted by Gasteiger charge is 2.37. The highest BCUT2D eigenvalue weighted by molar-refractivity contribution is 5.79. The fourth-order valence-corrected chi connectivity index (χ4v) is 4.57. The van der Waals surface area contributed by atoms with Crippen molar-refractivity contribution >= 4 is 11.8 Å². The van der Waals surface area contributed by atoms with Crippen molar-refractivity contribution in [3.63, 3.8) is 0 Å². The first-order valence-electron chi connectivity index (χ1n) is 11.3. The molecule has 1 unspecified atom stereocenters. The molecule has 6 nitrogen and oxygen atoms in total. The maximum atomic E-state index is 13.6. The molecular weight excluding hydrogens is 371 g/mol. The van der Waals surface area contributed by atoms with Crippen LogP contribution in [0.15, 0.2) is 0 Å². The van der Waals surface area contributed by atoms with Crippen molar-refractivity contribution in [2.24, 2.45) is 0 Å². The first-order chi connectivity index (χ1) is 14.0. The van der Waals surface area contributed by atoms with Gasteiger partial charge in [0.15, 0.2) is 0 Å². The van der Waals surface area contributed by atoms with Gasteiger partial charge in [0.1, 0.15) is 12.2 Å². The highest BCUT2D eigenvalue weighted by Crippen LogP contribution is 2.32. The second-order valence-electron chi connectivity index (χ2n) is 8.63. The Labute approximate surface area is 174 Å². The van der Waals surface area contributed by atoms with Crippen molar-refractivity contribution in [2.75, 3.05) is 19.6 Å². The van der Waals surface area contributed by atoms with Gasteiger partial charge in [0.05, 0.1) is 19.2 Å². The molecule has 29 heavy (non-hydrogen) atoms. The van der Waals surface area contributed by atoms with E-state index in [1.54, 1.807) is 0 Å². The first kappa shape index (κ1) is 23.6. The lowest BCUT2D eigenvalue weighted by atomic mass is 9.78. The molecule has 0 aromatic heterocycles. The Morgan fingerprint density at radius 1 is 1.21 bits per heavy atom. The number of carbonyl (C=O) groups excluding carboxylic acids is 2.